The quantitative estimate of drug-likeness (QED) is 0.225. The van der Waals surface area contributed by atoms with Gasteiger partial charge in [-0.15, -0.1) is 12.4 Å². The molecule has 0 spiro atoms. The number of hydrogen-bond acceptors (Lipinski definition) is 7. The molecule has 1 fully saturated rings. The van der Waals surface area contributed by atoms with Gasteiger partial charge in [0, 0.05) is 54.7 Å². The maximum Gasteiger partial charge on any atom is 0.326 e. The SMILES string of the molecule is CS(=O)(=O)Nc1ccc(Oc2ccc(CN3CCC(N(C(=O)Nc4ccsc4)c4ccccc4)CC3)cn2)cc1.Cl. The standard InChI is InChI=1S/C29H31N5O4S2.ClH/c1-40(36,37)32-23-8-10-27(11-9-23)38-28-12-7-22(19-30-28)20-33-16-13-26(14-17-33)34(25-5-3-2-4-6-25)29(35)31-24-15-18-39-21-24;/h2-12,15,18-19,21,26,32H,13-14,16-17,20H2,1H3,(H,31,35);1H. The van der Waals surface area contributed by atoms with Crippen molar-refractivity contribution in [1.29, 1.82) is 0 Å². The van der Waals surface area contributed by atoms with E-state index in [-0.39, 0.29) is 24.5 Å². The van der Waals surface area contributed by atoms with E-state index in [4.69, 9.17) is 4.74 Å². The van der Waals surface area contributed by atoms with Crippen LogP contribution in [0, 0.1) is 0 Å². The molecule has 3 heterocycles. The van der Waals surface area contributed by atoms with Crippen LogP contribution in [-0.2, 0) is 16.6 Å². The van der Waals surface area contributed by atoms with E-state index in [0.717, 1.165) is 55.7 Å². The van der Waals surface area contributed by atoms with Gasteiger partial charge in [-0.25, -0.2) is 18.2 Å². The Kier molecular flexibility index (Phi) is 10.2. The van der Waals surface area contributed by atoms with Crippen LogP contribution in [0.15, 0.2) is 89.8 Å². The number of para-hydroxylation sites is 1. The highest BCUT2D eigenvalue weighted by Gasteiger charge is 2.29. The molecular formula is C29H32ClN5O4S2. The van der Waals surface area contributed by atoms with Crippen LogP contribution in [-0.4, -0.2) is 49.7 Å². The maximum absolute atomic E-state index is 13.3. The smallest absolute Gasteiger partial charge is 0.326 e. The number of halogens is 1. The van der Waals surface area contributed by atoms with Crippen molar-refractivity contribution in [2.24, 2.45) is 0 Å². The average Bonchev–Trinajstić information content (AvgIpc) is 3.45. The van der Waals surface area contributed by atoms with Crippen LogP contribution in [0.4, 0.5) is 21.9 Å². The summed E-state index contributed by atoms with van der Waals surface area (Å²) in [4.78, 5) is 22.0. The number of carbonyl (C=O) groups is 1. The van der Waals surface area contributed by atoms with Crippen molar-refractivity contribution in [3.63, 3.8) is 0 Å². The van der Waals surface area contributed by atoms with E-state index < -0.39 is 10.0 Å². The topological polar surface area (TPSA) is 104 Å². The molecule has 1 aliphatic heterocycles. The highest BCUT2D eigenvalue weighted by atomic mass is 35.5. The number of urea groups is 1. The first-order valence-corrected chi connectivity index (χ1v) is 15.8. The third-order valence-corrected chi connectivity index (χ3v) is 7.82. The van der Waals surface area contributed by atoms with Gasteiger partial charge in [0.25, 0.3) is 0 Å². The zero-order chi connectivity index (χ0) is 28.0. The van der Waals surface area contributed by atoms with Gasteiger partial charge in [0.15, 0.2) is 0 Å². The normalized spacial score (nSPS) is 14.1. The van der Waals surface area contributed by atoms with E-state index >= 15 is 0 Å². The van der Waals surface area contributed by atoms with Gasteiger partial charge in [-0.3, -0.25) is 14.5 Å². The summed E-state index contributed by atoms with van der Waals surface area (Å²) >= 11 is 1.56. The Morgan fingerprint density at radius 1 is 1.02 bits per heavy atom. The van der Waals surface area contributed by atoms with Crippen LogP contribution in [0.2, 0.25) is 0 Å². The Bertz CT molecular complexity index is 1500. The summed E-state index contributed by atoms with van der Waals surface area (Å²) in [6, 6.07) is 22.2. The van der Waals surface area contributed by atoms with Gasteiger partial charge in [0.2, 0.25) is 15.9 Å². The number of aromatic nitrogens is 1. The van der Waals surface area contributed by atoms with Gasteiger partial charge in [-0.1, -0.05) is 24.3 Å². The van der Waals surface area contributed by atoms with E-state index in [9.17, 15) is 13.2 Å². The van der Waals surface area contributed by atoms with E-state index in [2.05, 4.69) is 19.9 Å². The Hall–Kier alpha value is -3.64. The summed E-state index contributed by atoms with van der Waals surface area (Å²) in [6.45, 7) is 2.50. The number of likely N-dealkylation sites (tertiary alicyclic amines) is 1. The number of anilines is 3. The zero-order valence-electron chi connectivity index (χ0n) is 22.5. The van der Waals surface area contributed by atoms with E-state index in [1.165, 1.54) is 0 Å². The molecule has 2 N–H and O–H groups in total. The second kappa shape index (κ2) is 13.8. The lowest BCUT2D eigenvalue weighted by Crippen LogP contribution is -2.49. The number of rotatable bonds is 9. The first-order chi connectivity index (χ1) is 19.3. The van der Waals surface area contributed by atoms with Crippen molar-refractivity contribution in [3.8, 4) is 11.6 Å². The number of hydrogen-bond donors (Lipinski definition) is 2. The van der Waals surface area contributed by atoms with Gasteiger partial charge in [0.05, 0.1) is 11.9 Å². The molecule has 2 aromatic heterocycles. The molecule has 0 radical (unpaired) electrons. The molecule has 4 aromatic rings. The van der Waals surface area contributed by atoms with Crippen LogP contribution >= 0.6 is 23.7 Å². The van der Waals surface area contributed by atoms with Crippen LogP contribution in [0.25, 0.3) is 0 Å². The molecule has 5 rings (SSSR count). The predicted octanol–water partition coefficient (Wildman–Crippen LogP) is 6.43. The number of thiophene rings is 1. The molecule has 216 valence electrons. The predicted molar refractivity (Wildman–Crippen MR) is 167 cm³/mol. The van der Waals surface area contributed by atoms with E-state index in [1.54, 1.807) is 35.6 Å². The summed E-state index contributed by atoms with van der Waals surface area (Å²) in [6.07, 6.45) is 4.65. The minimum absolute atomic E-state index is 0. The molecular weight excluding hydrogens is 582 g/mol. The molecule has 12 heteroatoms. The van der Waals surface area contributed by atoms with Crippen molar-refractivity contribution < 1.29 is 17.9 Å². The summed E-state index contributed by atoms with van der Waals surface area (Å²) in [5.41, 5.74) is 3.26. The van der Waals surface area contributed by atoms with Gasteiger partial charge >= 0.3 is 6.03 Å². The molecule has 41 heavy (non-hydrogen) atoms. The fraction of sp³-hybridized carbons (Fsp3) is 0.241. The summed E-state index contributed by atoms with van der Waals surface area (Å²) < 4.78 is 31.0. The molecule has 2 aromatic carbocycles. The summed E-state index contributed by atoms with van der Waals surface area (Å²) in [7, 11) is -3.33. The maximum atomic E-state index is 13.3. The second-order valence-corrected chi connectivity index (χ2v) is 12.2. The highest BCUT2D eigenvalue weighted by molar-refractivity contribution is 7.92. The number of amides is 2. The van der Waals surface area contributed by atoms with Gasteiger partial charge < -0.3 is 10.1 Å². The first kappa shape index (κ1) is 30.3. The van der Waals surface area contributed by atoms with Crippen molar-refractivity contribution in [2.75, 3.05) is 34.3 Å². The zero-order valence-corrected chi connectivity index (χ0v) is 24.9. The van der Waals surface area contributed by atoms with Crippen LogP contribution < -0.4 is 19.7 Å². The fourth-order valence-corrected chi connectivity index (χ4v) is 5.84. The van der Waals surface area contributed by atoms with Crippen molar-refractivity contribution in [3.05, 3.63) is 95.3 Å². The average molecular weight is 614 g/mol. The lowest BCUT2D eigenvalue weighted by molar-refractivity contribution is 0.199. The molecule has 0 bridgehead atoms. The number of ether oxygens (including phenoxy) is 1. The lowest BCUT2D eigenvalue weighted by atomic mass is 10.0. The second-order valence-electron chi connectivity index (χ2n) is 9.66. The van der Waals surface area contributed by atoms with Crippen molar-refractivity contribution >= 4 is 56.9 Å². The van der Waals surface area contributed by atoms with Gasteiger partial charge in [0.1, 0.15) is 5.75 Å². The van der Waals surface area contributed by atoms with E-state index in [0.29, 0.717) is 17.3 Å². The summed E-state index contributed by atoms with van der Waals surface area (Å²) in [5.74, 6) is 1.02. The van der Waals surface area contributed by atoms with Crippen LogP contribution in [0.3, 0.4) is 0 Å². The van der Waals surface area contributed by atoms with Crippen molar-refractivity contribution in [2.45, 2.75) is 25.4 Å². The number of piperidine rings is 1. The number of nitrogens with zero attached hydrogens (tertiary/aromatic N) is 3. The summed E-state index contributed by atoms with van der Waals surface area (Å²) in [5, 5.41) is 6.92. The first-order valence-electron chi connectivity index (χ1n) is 12.9. The Balaban J connectivity index is 0.00000387. The molecule has 0 atom stereocenters. The van der Waals surface area contributed by atoms with Crippen LogP contribution in [0.1, 0.15) is 18.4 Å². The minimum atomic E-state index is -3.33. The molecule has 1 aliphatic rings. The molecule has 0 aliphatic carbocycles. The third-order valence-electron chi connectivity index (χ3n) is 6.53. The highest BCUT2D eigenvalue weighted by Crippen LogP contribution is 2.27. The number of sulfonamides is 1. The van der Waals surface area contributed by atoms with Crippen molar-refractivity contribution in [1.82, 2.24) is 9.88 Å². The minimum Gasteiger partial charge on any atom is -0.439 e. The fourth-order valence-electron chi connectivity index (χ4n) is 4.69. The largest absolute Gasteiger partial charge is 0.439 e. The molecule has 9 nitrogen and oxygen atoms in total. The van der Waals surface area contributed by atoms with Gasteiger partial charge in [-0.05, 0) is 66.2 Å². The third kappa shape index (κ3) is 8.67. The van der Waals surface area contributed by atoms with Gasteiger partial charge in [-0.2, -0.15) is 11.3 Å². The van der Waals surface area contributed by atoms with Crippen LogP contribution in [0.5, 0.6) is 11.6 Å². The molecule has 1 saturated heterocycles. The van der Waals surface area contributed by atoms with E-state index in [1.807, 2.05) is 70.4 Å². The number of nitrogens with one attached hydrogen (secondary N) is 2. The monoisotopic (exact) mass is 613 g/mol. The molecule has 0 unspecified atom stereocenters. The Morgan fingerprint density at radius 3 is 2.37 bits per heavy atom. The lowest BCUT2D eigenvalue weighted by Gasteiger charge is -2.38. The Labute approximate surface area is 250 Å². The number of carbonyl (C=O) groups excluding carboxylic acids is 1. The Morgan fingerprint density at radius 2 is 1.76 bits per heavy atom. The molecule has 0 saturated carbocycles. The number of pyridine rings is 1. The molecule has 2 amide bonds. The number of benzene rings is 2.